The number of aliphatic hydroxyl groups is 1. The third kappa shape index (κ3) is 4.58. The number of thiophene rings is 1. The van der Waals surface area contributed by atoms with E-state index in [9.17, 15) is 9.90 Å². The number of carboxylic acid groups (broad SMARTS) is 1. The van der Waals surface area contributed by atoms with Gasteiger partial charge in [0.2, 0.25) is 6.79 Å². The summed E-state index contributed by atoms with van der Waals surface area (Å²) in [5, 5.41) is 23.0. The van der Waals surface area contributed by atoms with E-state index >= 15 is 0 Å². The van der Waals surface area contributed by atoms with Crippen molar-refractivity contribution in [3.63, 3.8) is 0 Å². The minimum Gasteiger partial charge on any atom is -0.477 e. The lowest BCUT2D eigenvalue weighted by molar-refractivity contribution is 0.0702. The minimum atomic E-state index is -0.927. The fourth-order valence-corrected chi connectivity index (χ4v) is 3.97. The number of benzene rings is 1. The molecule has 1 aliphatic rings. The van der Waals surface area contributed by atoms with Gasteiger partial charge in [-0.1, -0.05) is 6.07 Å². The van der Waals surface area contributed by atoms with Crippen LogP contribution in [0.25, 0.3) is 10.6 Å². The van der Waals surface area contributed by atoms with E-state index in [-0.39, 0.29) is 13.4 Å². The monoisotopic (exact) mass is 415 g/mol. The second-order valence-corrected chi connectivity index (χ2v) is 7.70. The quantitative estimate of drug-likeness (QED) is 0.554. The molecule has 0 fully saturated rings. The van der Waals surface area contributed by atoms with Gasteiger partial charge in [-0.15, -0.1) is 11.3 Å². The largest absolute Gasteiger partial charge is 0.477 e. The van der Waals surface area contributed by atoms with Crippen molar-refractivity contribution < 1.29 is 24.5 Å². The Morgan fingerprint density at radius 1 is 1.17 bits per heavy atom. The molecule has 4 rings (SSSR count). The number of hydrogen-bond donors (Lipinski definition) is 2. The average molecular weight is 415 g/mol. The third-order valence-corrected chi connectivity index (χ3v) is 5.71. The molecular formula is C20H21N3O5S. The van der Waals surface area contributed by atoms with Crippen LogP contribution in [-0.2, 0) is 13.1 Å². The van der Waals surface area contributed by atoms with Crippen molar-refractivity contribution in [1.82, 2.24) is 14.7 Å². The smallest absolute Gasteiger partial charge is 0.345 e. The molecule has 2 aromatic heterocycles. The zero-order chi connectivity index (χ0) is 20.2. The van der Waals surface area contributed by atoms with Crippen LogP contribution in [-0.4, -0.2) is 57.4 Å². The molecule has 1 aromatic carbocycles. The predicted molar refractivity (Wildman–Crippen MR) is 107 cm³/mol. The molecule has 3 aromatic rings. The number of aromatic nitrogens is 2. The summed E-state index contributed by atoms with van der Waals surface area (Å²) in [7, 11) is 0. The van der Waals surface area contributed by atoms with E-state index < -0.39 is 5.97 Å². The minimum absolute atomic E-state index is 0.0715. The molecule has 8 nitrogen and oxygen atoms in total. The van der Waals surface area contributed by atoms with Crippen LogP contribution in [0.4, 0.5) is 0 Å². The molecule has 0 saturated heterocycles. The van der Waals surface area contributed by atoms with Gasteiger partial charge in [0.15, 0.2) is 11.5 Å². The van der Waals surface area contributed by atoms with Gasteiger partial charge in [-0.05, 0) is 35.9 Å². The van der Waals surface area contributed by atoms with E-state index in [1.807, 2.05) is 35.1 Å². The molecule has 0 saturated carbocycles. The Balaban J connectivity index is 1.38. The van der Waals surface area contributed by atoms with Crippen LogP contribution in [0.3, 0.4) is 0 Å². The highest BCUT2D eigenvalue weighted by molar-refractivity contribution is 7.17. The molecule has 0 atom stereocenters. The Labute approximate surface area is 171 Å². The van der Waals surface area contributed by atoms with Gasteiger partial charge in [0.1, 0.15) is 10.6 Å². The van der Waals surface area contributed by atoms with Gasteiger partial charge in [0.05, 0.1) is 18.0 Å². The highest BCUT2D eigenvalue weighted by Crippen LogP contribution is 2.32. The Bertz CT molecular complexity index is 1000. The van der Waals surface area contributed by atoms with Gasteiger partial charge in [0.25, 0.3) is 0 Å². The lowest BCUT2D eigenvalue weighted by Gasteiger charge is -2.21. The molecule has 0 spiro atoms. The van der Waals surface area contributed by atoms with Crippen LogP contribution in [0.1, 0.15) is 15.2 Å². The average Bonchev–Trinajstić information content (AvgIpc) is 3.45. The predicted octanol–water partition coefficient (Wildman–Crippen LogP) is 2.53. The molecule has 29 heavy (non-hydrogen) atoms. The van der Waals surface area contributed by atoms with E-state index in [1.165, 1.54) is 11.3 Å². The van der Waals surface area contributed by atoms with Gasteiger partial charge in [-0.25, -0.2) is 4.79 Å². The van der Waals surface area contributed by atoms with E-state index in [2.05, 4.69) is 10.00 Å². The Kier molecular flexibility index (Phi) is 5.79. The first-order valence-corrected chi connectivity index (χ1v) is 10.0. The van der Waals surface area contributed by atoms with Crippen LogP contribution < -0.4 is 9.47 Å². The van der Waals surface area contributed by atoms with Gasteiger partial charge < -0.3 is 19.7 Å². The number of rotatable bonds is 9. The first kappa shape index (κ1) is 19.4. The van der Waals surface area contributed by atoms with Crippen LogP contribution in [0.2, 0.25) is 0 Å². The highest BCUT2D eigenvalue weighted by Gasteiger charge is 2.15. The van der Waals surface area contributed by atoms with Crippen molar-refractivity contribution in [2.45, 2.75) is 13.1 Å². The number of aliphatic hydroxyl groups excluding tert-OH is 1. The van der Waals surface area contributed by atoms with Crippen molar-refractivity contribution >= 4 is 17.3 Å². The van der Waals surface area contributed by atoms with Crippen LogP contribution >= 0.6 is 11.3 Å². The SMILES string of the molecule is O=C(O)c1ccc(-c2ccn(CCN(CCO)Cc3ccc4c(c3)OCO4)n2)s1. The summed E-state index contributed by atoms with van der Waals surface area (Å²) in [4.78, 5) is 14.3. The molecule has 1 aliphatic heterocycles. The third-order valence-electron chi connectivity index (χ3n) is 4.61. The molecule has 0 radical (unpaired) electrons. The van der Waals surface area contributed by atoms with E-state index in [0.29, 0.717) is 31.1 Å². The zero-order valence-electron chi connectivity index (χ0n) is 15.7. The van der Waals surface area contributed by atoms with E-state index in [0.717, 1.165) is 27.6 Å². The Hall–Kier alpha value is -2.88. The number of carboxylic acids is 1. The van der Waals surface area contributed by atoms with Crippen LogP contribution in [0, 0.1) is 0 Å². The first-order chi connectivity index (χ1) is 14.1. The summed E-state index contributed by atoms with van der Waals surface area (Å²) in [6.45, 7) is 2.91. The summed E-state index contributed by atoms with van der Waals surface area (Å²) in [6.07, 6.45) is 1.88. The normalized spacial score (nSPS) is 12.6. The highest BCUT2D eigenvalue weighted by atomic mass is 32.1. The van der Waals surface area contributed by atoms with Gasteiger partial charge >= 0.3 is 5.97 Å². The number of carbonyl (C=O) groups is 1. The Morgan fingerprint density at radius 2 is 2.03 bits per heavy atom. The van der Waals surface area contributed by atoms with Crippen LogP contribution in [0.5, 0.6) is 11.5 Å². The molecular weight excluding hydrogens is 394 g/mol. The fraction of sp³-hybridized carbons (Fsp3) is 0.300. The summed E-state index contributed by atoms with van der Waals surface area (Å²) in [5.41, 5.74) is 1.84. The van der Waals surface area contributed by atoms with Crippen molar-refractivity contribution in [2.75, 3.05) is 26.5 Å². The molecule has 3 heterocycles. The second kappa shape index (κ2) is 8.64. The first-order valence-electron chi connectivity index (χ1n) is 9.21. The number of nitrogens with zero attached hydrogens (tertiary/aromatic N) is 3. The maximum Gasteiger partial charge on any atom is 0.345 e. The molecule has 9 heteroatoms. The molecule has 2 N–H and O–H groups in total. The maximum absolute atomic E-state index is 11.0. The lowest BCUT2D eigenvalue weighted by Crippen LogP contribution is -2.30. The number of ether oxygens (including phenoxy) is 2. The molecule has 0 bridgehead atoms. The summed E-state index contributed by atoms with van der Waals surface area (Å²) in [5.74, 6) is 0.579. The second-order valence-electron chi connectivity index (χ2n) is 6.62. The molecule has 0 amide bonds. The van der Waals surface area contributed by atoms with E-state index in [4.69, 9.17) is 14.6 Å². The standard InChI is InChI=1S/C20H21N3O5S/c24-10-9-22(12-14-1-2-16-17(11-14)28-13-27-16)7-8-23-6-5-15(21-23)18-3-4-19(29-18)20(25)26/h1-6,11,24H,7-10,12-13H2,(H,25,26). The summed E-state index contributed by atoms with van der Waals surface area (Å²) in [6, 6.07) is 11.1. The number of aromatic carboxylic acids is 1. The maximum atomic E-state index is 11.0. The fourth-order valence-electron chi connectivity index (χ4n) is 3.16. The molecule has 152 valence electrons. The Morgan fingerprint density at radius 3 is 2.83 bits per heavy atom. The zero-order valence-corrected chi connectivity index (χ0v) is 16.5. The number of hydrogen-bond acceptors (Lipinski definition) is 7. The summed E-state index contributed by atoms with van der Waals surface area (Å²) >= 11 is 1.21. The number of fused-ring (bicyclic) bond motifs is 1. The van der Waals surface area contributed by atoms with Gasteiger partial charge in [0, 0.05) is 25.8 Å². The van der Waals surface area contributed by atoms with E-state index in [1.54, 1.807) is 12.1 Å². The van der Waals surface area contributed by atoms with Crippen LogP contribution in [0.15, 0.2) is 42.6 Å². The molecule has 0 aliphatic carbocycles. The van der Waals surface area contributed by atoms with Gasteiger partial charge in [-0.2, -0.15) is 5.10 Å². The van der Waals surface area contributed by atoms with Crippen molar-refractivity contribution in [3.8, 4) is 22.1 Å². The topological polar surface area (TPSA) is 97.1 Å². The lowest BCUT2D eigenvalue weighted by atomic mass is 10.2. The molecule has 0 unspecified atom stereocenters. The van der Waals surface area contributed by atoms with Gasteiger partial charge in [-0.3, -0.25) is 9.58 Å². The van der Waals surface area contributed by atoms with Crippen molar-refractivity contribution in [2.24, 2.45) is 0 Å². The summed E-state index contributed by atoms with van der Waals surface area (Å²) < 4.78 is 12.6. The van der Waals surface area contributed by atoms with Crippen molar-refractivity contribution in [1.29, 1.82) is 0 Å². The van der Waals surface area contributed by atoms with Crippen molar-refractivity contribution in [3.05, 3.63) is 53.0 Å².